The van der Waals surface area contributed by atoms with Crippen LogP contribution in [0.25, 0.3) is 11.1 Å². The molecule has 0 radical (unpaired) electrons. The van der Waals surface area contributed by atoms with Gasteiger partial charge < -0.3 is 10.2 Å². The van der Waals surface area contributed by atoms with E-state index in [0.717, 1.165) is 29.1 Å². The molecule has 5 rings (SSSR count). The van der Waals surface area contributed by atoms with Crippen LogP contribution in [-0.2, 0) is 23.8 Å². The largest absolute Gasteiger partial charge is 0.416 e. The van der Waals surface area contributed by atoms with Crippen LogP contribution in [0.5, 0.6) is 0 Å². The molecule has 4 aromatic rings. The number of amides is 2. The van der Waals surface area contributed by atoms with Crippen LogP contribution in [0.15, 0.2) is 77.6 Å². The van der Waals surface area contributed by atoms with Gasteiger partial charge in [0.25, 0.3) is 5.91 Å². The first-order chi connectivity index (χ1) is 17.3. The Labute approximate surface area is 209 Å². The normalized spacial score (nSPS) is 12.9. The van der Waals surface area contributed by atoms with Crippen LogP contribution in [-0.4, -0.2) is 23.3 Å². The van der Waals surface area contributed by atoms with Crippen molar-refractivity contribution in [1.29, 1.82) is 0 Å². The summed E-state index contributed by atoms with van der Waals surface area (Å²) in [6.45, 7) is 0.515. The molecule has 3 aromatic carbocycles. The van der Waals surface area contributed by atoms with E-state index in [2.05, 4.69) is 10.3 Å². The van der Waals surface area contributed by atoms with Crippen molar-refractivity contribution in [3.8, 4) is 11.1 Å². The molecule has 0 spiro atoms. The fourth-order valence-electron chi connectivity index (χ4n) is 4.29. The van der Waals surface area contributed by atoms with Crippen molar-refractivity contribution in [3.63, 3.8) is 0 Å². The van der Waals surface area contributed by atoms with E-state index in [1.165, 1.54) is 17.4 Å². The van der Waals surface area contributed by atoms with Gasteiger partial charge in [-0.1, -0.05) is 36.4 Å². The maximum Gasteiger partial charge on any atom is 0.416 e. The minimum Gasteiger partial charge on any atom is -0.322 e. The molecule has 0 unspecified atom stereocenters. The van der Waals surface area contributed by atoms with Crippen LogP contribution < -0.4 is 10.2 Å². The fourth-order valence-corrected chi connectivity index (χ4v) is 4.85. The Bertz CT molecular complexity index is 1420. The molecule has 182 valence electrons. The maximum absolute atomic E-state index is 13.4. The molecule has 5 nitrogen and oxygen atoms in total. The minimum atomic E-state index is -4.58. The first-order valence-corrected chi connectivity index (χ1v) is 12.1. The first kappa shape index (κ1) is 23.7. The molecule has 9 heteroatoms. The van der Waals surface area contributed by atoms with Gasteiger partial charge in [-0.05, 0) is 53.4 Å². The van der Waals surface area contributed by atoms with Crippen molar-refractivity contribution < 1.29 is 22.8 Å². The summed E-state index contributed by atoms with van der Waals surface area (Å²) in [7, 11) is 0. The van der Waals surface area contributed by atoms with E-state index in [-0.39, 0.29) is 17.9 Å². The number of nitrogens with one attached hydrogen (secondary N) is 1. The summed E-state index contributed by atoms with van der Waals surface area (Å²) < 4.78 is 40.2. The van der Waals surface area contributed by atoms with E-state index in [9.17, 15) is 22.8 Å². The van der Waals surface area contributed by atoms with Crippen molar-refractivity contribution in [2.24, 2.45) is 0 Å². The van der Waals surface area contributed by atoms with Gasteiger partial charge in [-0.2, -0.15) is 13.2 Å². The average molecular weight is 508 g/mol. The summed E-state index contributed by atoms with van der Waals surface area (Å²) in [5.41, 5.74) is 4.57. The Kier molecular flexibility index (Phi) is 6.32. The quantitative estimate of drug-likeness (QED) is 0.349. The Hall–Kier alpha value is -3.98. The lowest BCUT2D eigenvalue weighted by Crippen LogP contribution is -2.30. The van der Waals surface area contributed by atoms with Crippen LogP contribution >= 0.6 is 11.3 Å². The van der Waals surface area contributed by atoms with E-state index in [1.54, 1.807) is 58.9 Å². The molecule has 0 aliphatic carbocycles. The smallest absolute Gasteiger partial charge is 0.322 e. The lowest BCUT2D eigenvalue weighted by atomic mass is 9.96. The molecule has 0 fully saturated rings. The SMILES string of the molecule is O=C(Nc1ccc2c(c1)CCN2C(=O)Cc1cscn1)c1cc(C(F)(F)F)ccc1-c1ccccc1. The van der Waals surface area contributed by atoms with Crippen molar-refractivity contribution >= 4 is 34.5 Å². The predicted octanol–water partition coefficient (Wildman–Crippen LogP) is 6.21. The Balaban J connectivity index is 1.40. The zero-order valence-electron chi connectivity index (χ0n) is 18.9. The Morgan fingerprint density at radius 3 is 2.56 bits per heavy atom. The number of hydrogen-bond donors (Lipinski definition) is 1. The molecule has 0 atom stereocenters. The number of fused-ring (bicyclic) bond motifs is 1. The van der Waals surface area contributed by atoms with Crippen LogP contribution in [0, 0.1) is 0 Å². The number of rotatable bonds is 5. The number of alkyl halides is 3. The third kappa shape index (κ3) is 4.87. The Morgan fingerprint density at radius 2 is 1.83 bits per heavy atom. The predicted molar refractivity (Wildman–Crippen MR) is 133 cm³/mol. The van der Waals surface area contributed by atoms with Crippen LogP contribution in [0.1, 0.15) is 27.2 Å². The topological polar surface area (TPSA) is 62.3 Å². The number of thiazole rings is 1. The van der Waals surface area contributed by atoms with Crippen molar-refractivity contribution in [1.82, 2.24) is 4.98 Å². The molecule has 0 bridgehead atoms. The van der Waals surface area contributed by atoms with E-state index in [0.29, 0.717) is 29.8 Å². The molecule has 1 aliphatic heterocycles. The molecule has 1 aliphatic rings. The van der Waals surface area contributed by atoms with Gasteiger partial charge in [0.15, 0.2) is 0 Å². The zero-order valence-corrected chi connectivity index (χ0v) is 19.7. The number of nitrogens with zero attached hydrogens (tertiary/aromatic N) is 2. The number of carbonyl (C=O) groups excluding carboxylic acids is 2. The minimum absolute atomic E-state index is 0.0621. The van der Waals surface area contributed by atoms with E-state index >= 15 is 0 Å². The van der Waals surface area contributed by atoms with Crippen molar-refractivity contribution in [3.05, 3.63) is 100 Å². The second-order valence-electron chi connectivity index (χ2n) is 8.37. The molecule has 1 aromatic heterocycles. The third-order valence-electron chi connectivity index (χ3n) is 6.03. The second-order valence-corrected chi connectivity index (χ2v) is 9.09. The highest BCUT2D eigenvalue weighted by Gasteiger charge is 2.32. The molecule has 0 saturated carbocycles. The van der Waals surface area contributed by atoms with Crippen LogP contribution in [0.2, 0.25) is 0 Å². The summed E-state index contributed by atoms with van der Waals surface area (Å²) in [5.74, 6) is -0.706. The molecule has 36 heavy (non-hydrogen) atoms. The summed E-state index contributed by atoms with van der Waals surface area (Å²) in [6.07, 6.45) is -3.76. The molecule has 2 heterocycles. The number of halogens is 3. The van der Waals surface area contributed by atoms with Gasteiger partial charge in [-0.15, -0.1) is 11.3 Å². The summed E-state index contributed by atoms with van der Waals surface area (Å²) >= 11 is 1.43. The lowest BCUT2D eigenvalue weighted by molar-refractivity contribution is -0.137. The zero-order chi connectivity index (χ0) is 25.3. The maximum atomic E-state index is 13.4. The van der Waals surface area contributed by atoms with Gasteiger partial charge in [-0.3, -0.25) is 9.59 Å². The summed E-state index contributed by atoms with van der Waals surface area (Å²) in [6, 6.07) is 17.1. The number of carbonyl (C=O) groups is 2. The van der Waals surface area contributed by atoms with Crippen LogP contribution in [0.4, 0.5) is 24.5 Å². The monoisotopic (exact) mass is 507 g/mol. The van der Waals surface area contributed by atoms with Crippen molar-refractivity contribution in [2.75, 3.05) is 16.8 Å². The molecule has 1 N–H and O–H groups in total. The first-order valence-electron chi connectivity index (χ1n) is 11.2. The van der Waals surface area contributed by atoms with Crippen LogP contribution in [0.3, 0.4) is 0 Å². The highest BCUT2D eigenvalue weighted by atomic mass is 32.1. The lowest BCUT2D eigenvalue weighted by Gasteiger charge is -2.17. The molecule has 2 amide bonds. The number of aromatic nitrogens is 1. The standard InChI is InChI=1S/C27H20F3N3O2S/c28-27(29,30)19-6-8-22(17-4-2-1-3-5-17)23(13-19)26(35)32-20-7-9-24-18(12-20)10-11-33(24)25(34)14-21-15-36-16-31-21/h1-9,12-13,15-16H,10-11,14H2,(H,32,35). The number of anilines is 2. The van der Waals surface area contributed by atoms with Crippen molar-refractivity contribution in [2.45, 2.75) is 19.0 Å². The third-order valence-corrected chi connectivity index (χ3v) is 6.66. The summed E-state index contributed by atoms with van der Waals surface area (Å²) in [4.78, 5) is 31.8. The summed E-state index contributed by atoms with van der Waals surface area (Å²) in [5, 5.41) is 4.58. The second kappa shape index (κ2) is 9.58. The molecule has 0 saturated heterocycles. The average Bonchev–Trinajstić information content (AvgIpc) is 3.53. The van der Waals surface area contributed by atoms with E-state index in [1.807, 2.05) is 5.38 Å². The van der Waals surface area contributed by atoms with Gasteiger partial charge in [-0.25, -0.2) is 4.98 Å². The number of benzene rings is 3. The van der Waals surface area contributed by atoms with Gasteiger partial charge >= 0.3 is 6.18 Å². The number of hydrogen-bond acceptors (Lipinski definition) is 4. The van der Waals surface area contributed by atoms with Gasteiger partial charge in [0, 0.05) is 28.9 Å². The van der Waals surface area contributed by atoms with Gasteiger partial charge in [0.1, 0.15) is 0 Å². The molecular formula is C27H20F3N3O2S. The van der Waals surface area contributed by atoms with E-state index < -0.39 is 17.6 Å². The van der Waals surface area contributed by atoms with E-state index in [4.69, 9.17) is 0 Å². The fraction of sp³-hybridized carbons (Fsp3) is 0.148. The Morgan fingerprint density at radius 1 is 1.03 bits per heavy atom. The highest BCUT2D eigenvalue weighted by Crippen LogP contribution is 2.35. The molecular weight excluding hydrogens is 487 g/mol. The highest BCUT2D eigenvalue weighted by molar-refractivity contribution is 7.07. The van der Waals surface area contributed by atoms with Gasteiger partial charge in [0.05, 0.1) is 23.2 Å². The van der Waals surface area contributed by atoms with Gasteiger partial charge in [0.2, 0.25) is 5.91 Å².